The number of aromatic nitrogens is 1. The normalized spacial score (nSPS) is 14.3. The Labute approximate surface area is 253 Å². The molecule has 0 bridgehead atoms. The highest BCUT2D eigenvalue weighted by atomic mass is 32.1. The van der Waals surface area contributed by atoms with Crippen LogP contribution in [0.2, 0.25) is 0 Å². The molecule has 1 amide bonds. The summed E-state index contributed by atoms with van der Waals surface area (Å²) in [6, 6.07) is 9.76. The van der Waals surface area contributed by atoms with Crippen LogP contribution in [0.4, 0.5) is 5.13 Å². The van der Waals surface area contributed by atoms with Crippen LogP contribution < -0.4 is 19.8 Å². The van der Waals surface area contributed by atoms with Gasteiger partial charge in [-0.15, -0.1) is 0 Å². The highest BCUT2D eigenvalue weighted by Crippen LogP contribution is 2.45. The first-order valence-corrected chi connectivity index (χ1v) is 15.0. The Morgan fingerprint density at radius 3 is 2.65 bits per heavy atom. The summed E-state index contributed by atoms with van der Waals surface area (Å²) in [7, 11) is 0. The second kappa shape index (κ2) is 12.4. The summed E-state index contributed by atoms with van der Waals surface area (Å²) in [4.78, 5) is 47.1. The van der Waals surface area contributed by atoms with Gasteiger partial charge < -0.3 is 18.6 Å². The van der Waals surface area contributed by atoms with Crippen molar-refractivity contribution in [2.75, 3.05) is 24.7 Å². The van der Waals surface area contributed by atoms with Gasteiger partial charge in [0.1, 0.15) is 17.1 Å². The van der Waals surface area contributed by atoms with E-state index in [0.29, 0.717) is 52.9 Å². The van der Waals surface area contributed by atoms with E-state index in [4.69, 9.17) is 18.6 Å². The lowest BCUT2D eigenvalue weighted by molar-refractivity contribution is 0.0554. The molecular formula is C33H34N2O7S. The minimum atomic E-state index is -0.893. The van der Waals surface area contributed by atoms with E-state index < -0.39 is 17.9 Å². The van der Waals surface area contributed by atoms with Crippen molar-refractivity contribution in [2.24, 2.45) is 5.92 Å². The number of aryl methyl sites for hydroxylation is 2. The van der Waals surface area contributed by atoms with Crippen LogP contribution in [0.5, 0.6) is 11.5 Å². The maximum Gasteiger partial charge on any atom is 0.350 e. The number of hydrogen-bond acceptors (Lipinski definition) is 9. The molecule has 4 aromatic rings. The fourth-order valence-corrected chi connectivity index (χ4v) is 5.95. The lowest BCUT2D eigenvalue weighted by atomic mass is 9.98. The van der Waals surface area contributed by atoms with E-state index >= 15 is 0 Å². The van der Waals surface area contributed by atoms with Gasteiger partial charge in [0.05, 0.1) is 35.9 Å². The summed E-state index contributed by atoms with van der Waals surface area (Å²) >= 11 is 1.02. The number of amides is 1. The van der Waals surface area contributed by atoms with Crippen LogP contribution in [0, 0.1) is 19.8 Å². The predicted molar refractivity (Wildman–Crippen MR) is 166 cm³/mol. The van der Waals surface area contributed by atoms with Crippen molar-refractivity contribution in [1.82, 2.24) is 4.98 Å². The Morgan fingerprint density at radius 2 is 1.93 bits per heavy atom. The number of rotatable bonds is 11. The third-order valence-electron chi connectivity index (χ3n) is 7.07. The van der Waals surface area contributed by atoms with Crippen LogP contribution in [-0.2, 0) is 4.74 Å². The zero-order valence-electron chi connectivity index (χ0n) is 24.9. The van der Waals surface area contributed by atoms with Crippen LogP contribution in [0.3, 0.4) is 0 Å². The van der Waals surface area contributed by atoms with Gasteiger partial charge in [-0.3, -0.25) is 14.5 Å². The molecule has 10 heteroatoms. The van der Waals surface area contributed by atoms with Gasteiger partial charge in [-0.2, -0.15) is 0 Å². The molecule has 1 aliphatic heterocycles. The zero-order chi connectivity index (χ0) is 30.8. The largest absolute Gasteiger partial charge is 0.490 e. The SMILES string of the molecule is C=CCOC(=O)c1sc(N2C(=O)c3oc4ccc(C)cc4c(=O)c3C2c2ccc(OCCC(C)C)c(OCC)c2)nc1C. The van der Waals surface area contributed by atoms with Gasteiger partial charge in [0, 0.05) is 0 Å². The number of benzene rings is 2. The second-order valence-electron chi connectivity index (χ2n) is 10.7. The van der Waals surface area contributed by atoms with Gasteiger partial charge >= 0.3 is 5.97 Å². The number of hydrogen-bond donors (Lipinski definition) is 0. The summed E-state index contributed by atoms with van der Waals surface area (Å²) in [5.41, 5.74) is 2.10. The van der Waals surface area contributed by atoms with Crippen LogP contribution in [-0.4, -0.2) is 36.7 Å². The van der Waals surface area contributed by atoms with Crippen molar-refractivity contribution in [1.29, 1.82) is 0 Å². The van der Waals surface area contributed by atoms with E-state index in [1.807, 2.05) is 26.0 Å². The molecule has 2 aromatic carbocycles. The Balaban J connectivity index is 1.68. The quantitative estimate of drug-likeness (QED) is 0.137. The minimum Gasteiger partial charge on any atom is -0.490 e. The molecule has 224 valence electrons. The molecule has 0 radical (unpaired) electrons. The Morgan fingerprint density at radius 1 is 1.14 bits per heavy atom. The van der Waals surface area contributed by atoms with Crippen LogP contribution in [0.1, 0.15) is 75.8 Å². The monoisotopic (exact) mass is 602 g/mol. The molecule has 0 spiro atoms. The fraction of sp³-hybridized carbons (Fsp3) is 0.333. The van der Waals surface area contributed by atoms with Crippen LogP contribution in [0.15, 0.2) is 58.3 Å². The van der Waals surface area contributed by atoms with E-state index in [0.717, 1.165) is 23.3 Å². The number of fused-ring (bicyclic) bond motifs is 2. The molecule has 3 heterocycles. The number of esters is 1. The van der Waals surface area contributed by atoms with E-state index in [9.17, 15) is 14.4 Å². The van der Waals surface area contributed by atoms with Crippen molar-refractivity contribution in [3.05, 3.63) is 92.3 Å². The van der Waals surface area contributed by atoms with Crippen molar-refractivity contribution >= 4 is 39.3 Å². The van der Waals surface area contributed by atoms with Crippen molar-refractivity contribution < 1.29 is 28.2 Å². The number of carbonyl (C=O) groups is 2. The second-order valence-corrected chi connectivity index (χ2v) is 11.7. The summed E-state index contributed by atoms with van der Waals surface area (Å²) < 4.78 is 23.3. The van der Waals surface area contributed by atoms with Gasteiger partial charge in [-0.05, 0) is 62.9 Å². The first-order chi connectivity index (χ1) is 20.6. The van der Waals surface area contributed by atoms with Gasteiger partial charge in [0.15, 0.2) is 22.1 Å². The van der Waals surface area contributed by atoms with E-state index in [1.165, 1.54) is 11.0 Å². The molecule has 0 aliphatic carbocycles. The van der Waals surface area contributed by atoms with E-state index in [1.54, 1.807) is 31.2 Å². The minimum absolute atomic E-state index is 0.0401. The molecule has 0 fully saturated rings. The smallest absolute Gasteiger partial charge is 0.350 e. The maximum atomic E-state index is 14.1. The Hall–Kier alpha value is -4.44. The molecule has 9 nitrogen and oxygen atoms in total. The Kier molecular flexibility index (Phi) is 8.68. The molecule has 1 aliphatic rings. The molecule has 0 saturated carbocycles. The molecule has 0 saturated heterocycles. The number of carbonyl (C=O) groups excluding carboxylic acids is 2. The molecular weight excluding hydrogens is 568 g/mol. The van der Waals surface area contributed by atoms with Crippen LogP contribution in [0.25, 0.3) is 11.0 Å². The predicted octanol–water partition coefficient (Wildman–Crippen LogP) is 6.78. The van der Waals surface area contributed by atoms with Crippen molar-refractivity contribution in [3.63, 3.8) is 0 Å². The standard InChI is InChI=1S/C33H34N2O7S/c1-7-14-41-32(38)30-20(6)34-33(43-30)35-27(21-10-12-24(25(17-21)39-8-2)40-15-13-18(3)4)26-28(36)22-16-19(5)9-11-23(22)42-29(26)31(35)37/h7,9-12,16-18,27H,1,8,13-15H2,2-6H3. The van der Waals surface area contributed by atoms with E-state index in [2.05, 4.69) is 25.4 Å². The average molecular weight is 603 g/mol. The van der Waals surface area contributed by atoms with Crippen molar-refractivity contribution in [3.8, 4) is 11.5 Å². The first-order valence-electron chi connectivity index (χ1n) is 14.2. The number of ether oxygens (including phenoxy) is 3. The van der Waals surface area contributed by atoms with Gasteiger partial charge in [-0.25, -0.2) is 9.78 Å². The lowest BCUT2D eigenvalue weighted by Crippen LogP contribution is -2.29. The number of thiazole rings is 1. The van der Waals surface area contributed by atoms with Crippen LogP contribution >= 0.6 is 11.3 Å². The molecule has 5 rings (SSSR count). The lowest BCUT2D eigenvalue weighted by Gasteiger charge is -2.23. The highest BCUT2D eigenvalue weighted by molar-refractivity contribution is 7.17. The fourth-order valence-electron chi connectivity index (χ4n) is 4.96. The molecule has 1 atom stereocenters. The molecule has 2 aromatic heterocycles. The highest BCUT2D eigenvalue weighted by Gasteiger charge is 2.45. The number of nitrogens with zero attached hydrogens (tertiary/aromatic N) is 2. The topological polar surface area (TPSA) is 108 Å². The molecule has 1 unspecified atom stereocenters. The third-order valence-corrected chi connectivity index (χ3v) is 8.21. The van der Waals surface area contributed by atoms with Gasteiger partial charge in [-0.1, -0.05) is 55.5 Å². The summed E-state index contributed by atoms with van der Waals surface area (Å²) in [5, 5.41) is 0.611. The van der Waals surface area contributed by atoms with Gasteiger partial charge in [0.25, 0.3) is 5.91 Å². The summed E-state index contributed by atoms with van der Waals surface area (Å²) in [6.45, 7) is 14.2. The summed E-state index contributed by atoms with van der Waals surface area (Å²) in [6.07, 6.45) is 2.35. The molecule has 43 heavy (non-hydrogen) atoms. The maximum absolute atomic E-state index is 14.1. The number of anilines is 1. The zero-order valence-corrected chi connectivity index (χ0v) is 25.7. The molecule has 0 N–H and O–H groups in total. The van der Waals surface area contributed by atoms with Crippen molar-refractivity contribution in [2.45, 2.75) is 47.1 Å². The van der Waals surface area contributed by atoms with E-state index in [-0.39, 0.29) is 33.4 Å². The summed E-state index contributed by atoms with van der Waals surface area (Å²) in [5.74, 6) is 0.372. The average Bonchev–Trinajstić information content (AvgIpc) is 3.50. The van der Waals surface area contributed by atoms with Gasteiger partial charge in [0.2, 0.25) is 5.76 Å². The third kappa shape index (κ3) is 5.79. The Bertz CT molecular complexity index is 1770. The first kappa shape index (κ1) is 30.0.